The quantitative estimate of drug-likeness (QED) is 0.344. The first-order chi connectivity index (χ1) is 14.2. The van der Waals surface area contributed by atoms with Crippen LogP contribution in [0.5, 0.6) is 0 Å². The molecule has 1 aliphatic heterocycles. The first kappa shape index (κ1) is 24.0. The van der Waals surface area contributed by atoms with Crippen LogP contribution in [0, 0.1) is 11.3 Å². The van der Waals surface area contributed by atoms with E-state index >= 15 is 0 Å². The monoisotopic (exact) mass is 424 g/mol. The van der Waals surface area contributed by atoms with Crippen LogP contribution in [0.3, 0.4) is 0 Å². The number of nitrogens with zero attached hydrogens (tertiary/aromatic N) is 1. The van der Waals surface area contributed by atoms with Gasteiger partial charge in [0.15, 0.2) is 0 Å². The molecule has 0 aromatic heterocycles. The van der Waals surface area contributed by atoms with E-state index in [9.17, 15) is 0 Å². The molecule has 30 heavy (non-hydrogen) atoms. The maximum absolute atomic E-state index is 7.80. The molecule has 0 spiro atoms. The molecule has 2 rings (SSSR count). The summed E-state index contributed by atoms with van der Waals surface area (Å²) >= 11 is 1.77. The molecule has 0 aromatic rings. The summed E-state index contributed by atoms with van der Waals surface area (Å²) in [4.78, 5) is 6.80. The molecule has 2 atom stereocenters. The Balaban J connectivity index is 2.74. The topological polar surface area (TPSA) is 60.3 Å². The van der Waals surface area contributed by atoms with Crippen LogP contribution in [0.25, 0.3) is 0 Å². The zero-order valence-corrected chi connectivity index (χ0v) is 20.3. The number of allylic oxidation sites excluding steroid dienone is 9. The lowest BCUT2D eigenvalue weighted by atomic mass is 9.85. The lowest BCUT2D eigenvalue weighted by Gasteiger charge is -2.33. The molecule has 0 saturated heterocycles. The summed E-state index contributed by atoms with van der Waals surface area (Å²) in [6, 6.07) is 0. The van der Waals surface area contributed by atoms with Crippen LogP contribution in [-0.2, 0) is 0 Å². The van der Waals surface area contributed by atoms with Gasteiger partial charge in [-0.05, 0) is 69.4 Å². The normalized spacial score (nSPS) is 26.7. The molecule has 0 radical (unpaired) electrons. The summed E-state index contributed by atoms with van der Waals surface area (Å²) < 4.78 is 0. The van der Waals surface area contributed by atoms with Gasteiger partial charge in [0.2, 0.25) is 0 Å². The van der Waals surface area contributed by atoms with E-state index in [0.29, 0.717) is 11.8 Å². The van der Waals surface area contributed by atoms with Crippen molar-refractivity contribution in [3.05, 3.63) is 68.3 Å². The Labute approximate surface area is 186 Å². The molecule has 162 valence electrons. The number of hydrogen-bond donors (Lipinski definition) is 3. The van der Waals surface area contributed by atoms with Crippen molar-refractivity contribution < 1.29 is 0 Å². The zero-order chi connectivity index (χ0) is 22.4. The van der Waals surface area contributed by atoms with Gasteiger partial charge in [-0.2, -0.15) is 0 Å². The molecular weight excluding hydrogens is 388 g/mol. The number of rotatable bonds is 5. The molecule has 0 fully saturated rings. The molecule has 1 heterocycles. The van der Waals surface area contributed by atoms with E-state index in [4.69, 9.17) is 5.41 Å². The number of aliphatic imine (C=N–C) groups is 1. The van der Waals surface area contributed by atoms with Crippen LogP contribution < -0.4 is 10.6 Å². The standard InChI is InChI=1S/C25H36N4S/c1-9-17(5)28-25-23(10-2)30-19(7)18(6)22(14-27-20(8)26)24(29-25)21-12-11-15(3)13-16(21)4/h10-12,14,16,25-26,28-29H,5,9,13H2,1-4,6-8H3/b19-18-,23-10-,24-22?,26-20?,27-14?. The summed E-state index contributed by atoms with van der Waals surface area (Å²) in [7, 11) is 0. The van der Waals surface area contributed by atoms with Crippen molar-refractivity contribution in [2.75, 3.05) is 0 Å². The third kappa shape index (κ3) is 5.88. The molecule has 5 heteroatoms. The smallest absolute Gasteiger partial charge is 0.129 e. The molecule has 1 aliphatic carbocycles. The highest BCUT2D eigenvalue weighted by molar-refractivity contribution is 8.06. The fraction of sp³-hybridized carbons (Fsp3) is 0.440. The Morgan fingerprint density at radius 1 is 1.37 bits per heavy atom. The predicted octanol–water partition coefficient (Wildman–Crippen LogP) is 6.59. The zero-order valence-electron chi connectivity index (χ0n) is 19.4. The Bertz CT molecular complexity index is 896. The summed E-state index contributed by atoms with van der Waals surface area (Å²) in [5.74, 6) is 0.692. The highest BCUT2D eigenvalue weighted by atomic mass is 32.2. The van der Waals surface area contributed by atoms with Crippen molar-refractivity contribution in [2.24, 2.45) is 10.9 Å². The maximum Gasteiger partial charge on any atom is 0.129 e. The molecule has 4 nitrogen and oxygen atoms in total. The molecule has 2 aliphatic rings. The lowest BCUT2D eigenvalue weighted by Crippen LogP contribution is -2.44. The van der Waals surface area contributed by atoms with Gasteiger partial charge in [-0.25, -0.2) is 4.99 Å². The number of nitrogens with one attached hydrogen (secondary N) is 3. The Hall–Kier alpha value is -2.27. The van der Waals surface area contributed by atoms with Gasteiger partial charge in [0, 0.05) is 28.1 Å². The van der Waals surface area contributed by atoms with Crippen molar-refractivity contribution in [1.82, 2.24) is 10.6 Å². The van der Waals surface area contributed by atoms with E-state index in [0.717, 1.165) is 29.8 Å². The number of amidine groups is 1. The van der Waals surface area contributed by atoms with Crippen LogP contribution in [0.4, 0.5) is 0 Å². The van der Waals surface area contributed by atoms with Gasteiger partial charge in [-0.1, -0.05) is 56.0 Å². The summed E-state index contributed by atoms with van der Waals surface area (Å²) in [6.07, 6.45) is 10.3. The first-order valence-corrected chi connectivity index (χ1v) is 11.4. The van der Waals surface area contributed by atoms with Gasteiger partial charge < -0.3 is 10.6 Å². The Morgan fingerprint density at radius 3 is 2.63 bits per heavy atom. The van der Waals surface area contributed by atoms with Gasteiger partial charge >= 0.3 is 0 Å². The minimum absolute atomic E-state index is 0.0740. The fourth-order valence-electron chi connectivity index (χ4n) is 3.57. The van der Waals surface area contributed by atoms with E-state index in [1.807, 2.05) is 6.21 Å². The maximum atomic E-state index is 7.80. The average molecular weight is 425 g/mol. The first-order valence-electron chi connectivity index (χ1n) is 10.6. The van der Waals surface area contributed by atoms with Crippen molar-refractivity contribution >= 4 is 23.8 Å². The fourth-order valence-corrected chi connectivity index (χ4v) is 4.54. The highest BCUT2D eigenvalue weighted by Gasteiger charge is 2.27. The van der Waals surface area contributed by atoms with Crippen LogP contribution in [0.2, 0.25) is 0 Å². The van der Waals surface area contributed by atoms with Gasteiger partial charge in [0.25, 0.3) is 0 Å². The van der Waals surface area contributed by atoms with Gasteiger partial charge in [-0.15, -0.1) is 0 Å². The minimum atomic E-state index is -0.0740. The second-order valence-corrected chi connectivity index (χ2v) is 9.31. The Kier molecular flexibility index (Phi) is 8.54. The molecule has 2 unspecified atom stereocenters. The van der Waals surface area contributed by atoms with Gasteiger partial charge in [0.05, 0.1) is 0 Å². The minimum Gasteiger partial charge on any atom is -0.365 e. The van der Waals surface area contributed by atoms with Crippen molar-refractivity contribution in [3.63, 3.8) is 0 Å². The second kappa shape index (κ2) is 10.7. The number of thioether (sulfide) groups is 1. The third-order valence-corrected chi connectivity index (χ3v) is 6.81. The molecule has 0 amide bonds. The molecule has 3 N–H and O–H groups in total. The van der Waals surface area contributed by atoms with E-state index in [2.05, 4.69) is 82.0 Å². The van der Waals surface area contributed by atoms with Gasteiger partial charge in [0.1, 0.15) is 12.0 Å². The molecule has 0 bridgehead atoms. The largest absolute Gasteiger partial charge is 0.365 e. The van der Waals surface area contributed by atoms with Gasteiger partial charge in [-0.3, -0.25) is 5.41 Å². The molecular formula is C25H36N4S. The predicted molar refractivity (Wildman–Crippen MR) is 134 cm³/mol. The van der Waals surface area contributed by atoms with Crippen LogP contribution in [0.1, 0.15) is 61.3 Å². The van der Waals surface area contributed by atoms with E-state index in [1.54, 1.807) is 18.7 Å². The Morgan fingerprint density at radius 2 is 2.07 bits per heavy atom. The van der Waals surface area contributed by atoms with E-state index < -0.39 is 0 Å². The van der Waals surface area contributed by atoms with Crippen molar-refractivity contribution in [2.45, 2.75) is 67.5 Å². The van der Waals surface area contributed by atoms with Crippen molar-refractivity contribution in [1.29, 1.82) is 5.41 Å². The summed E-state index contributed by atoms with van der Waals surface area (Å²) in [6.45, 7) is 18.8. The molecule has 0 aromatic carbocycles. The lowest BCUT2D eigenvalue weighted by molar-refractivity contribution is 0.559. The average Bonchev–Trinajstić information content (AvgIpc) is 2.69. The van der Waals surface area contributed by atoms with Crippen LogP contribution in [-0.4, -0.2) is 18.2 Å². The van der Waals surface area contributed by atoms with E-state index in [-0.39, 0.29) is 6.17 Å². The summed E-state index contributed by atoms with van der Waals surface area (Å²) in [5.41, 5.74) is 6.96. The summed E-state index contributed by atoms with van der Waals surface area (Å²) in [5, 5.41) is 15.2. The highest BCUT2D eigenvalue weighted by Crippen LogP contribution is 2.38. The third-order valence-electron chi connectivity index (χ3n) is 5.49. The second-order valence-electron chi connectivity index (χ2n) is 8.03. The SMILES string of the molecule is C=C(CC)NC1NC(C2=CC=C(C)CC2C)=C(C=NC(C)=N)/C(C)=C(/C)S/C1=C\C. The molecule has 0 saturated carbocycles. The van der Waals surface area contributed by atoms with Crippen molar-refractivity contribution in [3.8, 4) is 0 Å². The van der Waals surface area contributed by atoms with Crippen LogP contribution in [0.15, 0.2) is 73.3 Å². The number of hydrogen-bond acceptors (Lipinski definition) is 4. The van der Waals surface area contributed by atoms with Crippen LogP contribution >= 0.6 is 11.8 Å². The van der Waals surface area contributed by atoms with E-state index in [1.165, 1.54) is 26.5 Å².